The molecule has 0 aliphatic rings. The van der Waals surface area contributed by atoms with Crippen molar-refractivity contribution in [1.82, 2.24) is 5.32 Å². The van der Waals surface area contributed by atoms with Crippen LogP contribution < -0.4 is 5.32 Å². The average molecular weight is 572 g/mol. The number of rotatable bonds is 26. The normalized spacial score (nSPS) is 14.9. The first-order valence-corrected chi connectivity index (χ1v) is 16.9. The number of aliphatic hydroxyl groups is 2. The Morgan fingerprint density at radius 1 is 0.692 bits per heavy atom. The Morgan fingerprint density at radius 2 is 1.15 bits per heavy atom. The summed E-state index contributed by atoms with van der Waals surface area (Å²) in [4.78, 5) is 12.4. The number of allylic oxidation sites excluding steroid dienone is 5. The molecular weight excluding hydrogens is 514 g/mol. The highest BCUT2D eigenvalue weighted by atomic mass is 32.2. The Labute approximate surface area is 239 Å². The van der Waals surface area contributed by atoms with Crippen LogP contribution in [-0.2, 0) is 14.9 Å². The van der Waals surface area contributed by atoms with Gasteiger partial charge >= 0.3 is 0 Å². The van der Waals surface area contributed by atoms with Crippen LogP contribution in [-0.4, -0.2) is 53.1 Å². The number of unbranched alkanes of at least 4 members (excludes halogenated alkanes) is 13. The molecule has 0 saturated heterocycles. The van der Waals surface area contributed by atoms with Crippen LogP contribution in [0.4, 0.5) is 0 Å². The molecule has 0 radical (unpaired) electrons. The molecule has 0 bridgehead atoms. The number of aliphatic hydroxyl groups excluding tert-OH is 2. The molecule has 4 N–H and O–H groups in total. The summed E-state index contributed by atoms with van der Waals surface area (Å²) in [5, 5.41) is 23.0. The van der Waals surface area contributed by atoms with E-state index in [0.29, 0.717) is 12.8 Å². The quantitative estimate of drug-likeness (QED) is 0.0514. The van der Waals surface area contributed by atoms with Crippen LogP contribution in [0.2, 0.25) is 0 Å². The molecule has 3 atom stereocenters. The monoisotopic (exact) mass is 571 g/mol. The lowest BCUT2D eigenvalue weighted by Gasteiger charge is -2.22. The van der Waals surface area contributed by atoms with Crippen molar-refractivity contribution in [2.75, 3.05) is 5.75 Å². The fourth-order valence-corrected chi connectivity index (χ4v) is 4.97. The van der Waals surface area contributed by atoms with Crippen LogP contribution in [0.3, 0.4) is 0 Å². The van der Waals surface area contributed by atoms with Crippen LogP contribution in [0.25, 0.3) is 0 Å². The van der Waals surface area contributed by atoms with Crippen molar-refractivity contribution >= 4 is 16.0 Å². The van der Waals surface area contributed by atoms with E-state index in [0.717, 1.165) is 25.7 Å². The molecule has 228 valence electrons. The molecule has 8 heteroatoms. The number of hydrogen-bond donors (Lipinski definition) is 4. The summed E-state index contributed by atoms with van der Waals surface area (Å²) in [5.74, 6) is -1.61. The third-order valence-corrected chi connectivity index (χ3v) is 7.44. The maximum Gasteiger partial charge on any atom is 0.267 e. The van der Waals surface area contributed by atoms with Gasteiger partial charge in [0.05, 0.1) is 17.9 Å². The highest BCUT2D eigenvalue weighted by Crippen LogP contribution is 2.10. The van der Waals surface area contributed by atoms with Crippen molar-refractivity contribution < 1.29 is 28.0 Å². The topological polar surface area (TPSA) is 124 Å². The minimum atomic E-state index is -4.44. The third kappa shape index (κ3) is 25.2. The van der Waals surface area contributed by atoms with E-state index < -0.39 is 40.0 Å². The molecule has 7 nitrogen and oxygen atoms in total. The molecule has 0 saturated carbocycles. The Kier molecular flexibility index (Phi) is 24.5. The van der Waals surface area contributed by atoms with E-state index in [9.17, 15) is 28.0 Å². The van der Waals surface area contributed by atoms with Crippen molar-refractivity contribution in [1.29, 1.82) is 0 Å². The molecule has 0 aliphatic carbocycles. The summed E-state index contributed by atoms with van der Waals surface area (Å²) in [6.07, 6.45) is 28.0. The summed E-state index contributed by atoms with van der Waals surface area (Å²) in [6.45, 7) is 4.39. The van der Waals surface area contributed by atoms with Crippen molar-refractivity contribution in [3.63, 3.8) is 0 Å². The van der Waals surface area contributed by atoms with Gasteiger partial charge in [-0.2, -0.15) is 8.42 Å². The number of hydrogen-bond acceptors (Lipinski definition) is 5. The van der Waals surface area contributed by atoms with Crippen molar-refractivity contribution in [3.8, 4) is 0 Å². The zero-order valence-electron chi connectivity index (χ0n) is 24.6. The Morgan fingerprint density at radius 3 is 1.72 bits per heavy atom. The van der Waals surface area contributed by atoms with E-state index in [2.05, 4.69) is 31.3 Å². The van der Waals surface area contributed by atoms with Gasteiger partial charge in [-0.3, -0.25) is 9.35 Å². The maximum atomic E-state index is 12.4. The first-order chi connectivity index (χ1) is 18.7. The minimum Gasteiger partial charge on any atom is -0.387 e. The lowest BCUT2D eigenvalue weighted by atomic mass is 10.1. The minimum absolute atomic E-state index is 0.188. The summed E-state index contributed by atoms with van der Waals surface area (Å²) in [5.41, 5.74) is 0. The van der Waals surface area contributed by atoms with Gasteiger partial charge in [0.15, 0.2) is 0 Å². The second-order valence-corrected chi connectivity index (χ2v) is 12.0. The molecule has 0 aromatic carbocycles. The highest BCUT2D eigenvalue weighted by Gasteiger charge is 2.27. The average Bonchev–Trinajstić information content (AvgIpc) is 2.88. The summed E-state index contributed by atoms with van der Waals surface area (Å²) >= 11 is 0. The fourth-order valence-electron chi connectivity index (χ4n) is 4.24. The lowest BCUT2D eigenvalue weighted by Crippen LogP contribution is -2.50. The predicted octanol–water partition coefficient (Wildman–Crippen LogP) is 6.81. The largest absolute Gasteiger partial charge is 0.387 e. The zero-order valence-corrected chi connectivity index (χ0v) is 25.4. The molecular formula is C31H57NO6S. The highest BCUT2D eigenvalue weighted by molar-refractivity contribution is 7.85. The van der Waals surface area contributed by atoms with Crippen molar-refractivity contribution in [2.45, 2.75) is 148 Å². The summed E-state index contributed by atoms with van der Waals surface area (Å²) in [7, 11) is -4.44. The van der Waals surface area contributed by atoms with Gasteiger partial charge in [0, 0.05) is 0 Å². The molecule has 0 heterocycles. The predicted molar refractivity (Wildman–Crippen MR) is 162 cm³/mol. The molecule has 0 aliphatic heterocycles. The molecule has 0 aromatic rings. The van der Waals surface area contributed by atoms with Gasteiger partial charge in [0.25, 0.3) is 10.1 Å². The Hall–Kier alpha value is -1.48. The standard InChI is InChI=1S/C31H57NO6S/c1-3-5-7-9-11-13-14-15-16-17-18-20-21-23-25-29(33)28(27-39(36,37)38)32-31(35)30(34)26-24-22-19-12-10-8-6-4-2/h17-19,22-23,25,28-30,33-34H,3-16,20-21,24,26-27H2,1-2H3,(H,32,35)(H,36,37,38)/b18-17+,22-19-,25-23+. The van der Waals surface area contributed by atoms with Gasteiger partial charge in [-0.25, -0.2) is 0 Å². The van der Waals surface area contributed by atoms with Crippen LogP contribution in [0, 0.1) is 0 Å². The molecule has 0 spiro atoms. The lowest BCUT2D eigenvalue weighted by molar-refractivity contribution is -0.130. The van der Waals surface area contributed by atoms with Crippen LogP contribution in [0.5, 0.6) is 0 Å². The molecule has 0 rings (SSSR count). The summed E-state index contributed by atoms with van der Waals surface area (Å²) in [6, 6.07) is -1.26. The molecule has 39 heavy (non-hydrogen) atoms. The second kappa shape index (κ2) is 25.5. The van der Waals surface area contributed by atoms with Crippen LogP contribution in [0.1, 0.15) is 129 Å². The van der Waals surface area contributed by atoms with Gasteiger partial charge in [0.2, 0.25) is 5.91 Å². The fraction of sp³-hybridized carbons (Fsp3) is 0.774. The second-order valence-electron chi connectivity index (χ2n) is 10.5. The van der Waals surface area contributed by atoms with E-state index in [1.807, 2.05) is 12.2 Å². The Balaban J connectivity index is 4.36. The van der Waals surface area contributed by atoms with Gasteiger partial charge in [-0.1, -0.05) is 115 Å². The number of nitrogens with one attached hydrogen (secondary N) is 1. The van der Waals surface area contributed by atoms with Gasteiger partial charge in [0.1, 0.15) is 6.10 Å². The first kappa shape index (κ1) is 37.5. The van der Waals surface area contributed by atoms with E-state index in [-0.39, 0.29) is 6.42 Å². The molecule has 3 unspecified atom stereocenters. The maximum absolute atomic E-state index is 12.4. The van der Waals surface area contributed by atoms with E-state index >= 15 is 0 Å². The Bertz CT molecular complexity index is 778. The molecule has 0 aromatic heterocycles. The van der Waals surface area contributed by atoms with E-state index in [1.165, 1.54) is 76.7 Å². The number of amides is 1. The number of carbonyl (C=O) groups excluding carboxylic acids is 1. The summed E-state index contributed by atoms with van der Waals surface area (Å²) < 4.78 is 32.1. The number of carbonyl (C=O) groups is 1. The van der Waals surface area contributed by atoms with E-state index in [1.54, 1.807) is 6.08 Å². The molecule has 1 amide bonds. The van der Waals surface area contributed by atoms with Crippen LogP contribution in [0.15, 0.2) is 36.5 Å². The van der Waals surface area contributed by atoms with Gasteiger partial charge in [-0.15, -0.1) is 0 Å². The first-order valence-electron chi connectivity index (χ1n) is 15.3. The van der Waals surface area contributed by atoms with E-state index in [4.69, 9.17) is 0 Å². The SMILES string of the molecule is CCCCCC/C=C\CCC(O)C(=O)NC(CS(=O)(=O)O)C(O)/C=C/CC/C=C/CCCCCCCCCC. The van der Waals surface area contributed by atoms with Crippen LogP contribution >= 0.6 is 0 Å². The zero-order chi connectivity index (χ0) is 29.2. The van der Waals surface area contributed by atoms with Crippen molar-refractivity contribution in [2.24, 2.45) is 0 Å². The van der Waals surface area contributed by atoms with Gasteiger partial charge in [-0.05, 0) is 51.4 Å². The third-order valence-electron chi connectivity index (χ3n) is 6.65. The smallest absolute Gasteiger partial charge is 0.267 e. The van der Waals surface area contributed by atoms with Crippen molar-refractivity contribution in [3.05, 3.63) is 36.5 Å². The molecule has 0 fully saturated rings. The van der Waals surface area contributed by atoms with Gasteiger partial charge < -0.3 is 15.5 Å².